The molecular formula is C16H16BrClN4O3. The van der Waals surface area contributed by atoms with Crippen LogP contribution in [0.4, 0.5) is 4.79 Å². The number of aromatic carboxylic acids is 1. The predicted octanol–water partition coefficient (Wildman–Crippen LogP) is 2.64. The molecule has 2 amide bonds. The summed E-state index contributed by atoms with van der Waals surface area (Å²) >= 11 is 8.97. The van der Waals surface area contributed by atoms with Gasteiger partial charge in [0, 0.05) is 35.4 Å². The van der Waals surface area contributed by atoms with Crippen LogP contribution in [0.25, 0.3) is 5.69 Å². The van der Waals surface area contributed by atoms with Gasteiger partial charge < -0.3 is 15.3 Å². The number of nitrogens with one attached hydrogen (secondary N) is 1. The van der Waals surface area contributed by atoms with Crippen molar-refractivity contribution in [3.8, 4) is 5.69 Å². The summed E-state index contributed by atoms with van der Waals surface area (Å²) in [5.41, 5.74) is 2.16. The molecule has 0 bridgehead atoms. The van der Waals surface area contributed by atoms with Crippen LogP contribution in [0.2, 0.25) is 0 Å². The number of amides is 2. The Balaban J connectivity index is 1.95. The summed E-state index contributed by atoms with van der Waals surface area (Å²) in [7, 11) is 0. The molecule has 0 fully saturated rings. The topological polar surface area (TPSA) is 87.5 Å². The number of carboxylic acid groups (broad SMARTS) is 1. The fraction of sp³-hybridized carbons (Fsp3) is 0.312. The van der Waals surface area contributed by atoms with Crippen LogP contribution in [0.15, 0.2) is 28.7 Å². The molecule has 25 heavy (non-hydrogen) atoms. The minimum atomic E-state index is -1.10. The Morgan fingerprint density at radius 3 is 2.68 bits per heavy atom. The van der Waals surface area contributed by atoms with Gasteiger partial charge in [-0.25, -0.2) is 14.3 Å². The minimum absolute atomic E-state index is 0.0206. The number of aromatic nitrogens is 2. The molecule has 0 spiro atoms. The van der Waals surface area contributed by atoms with Crippen molar-refractivity contribution in [2.24, 2.45) is 0 Å². The Hall–Kier alpha value is -2.06. The number of benzene rings is 1. The van der Waals surface area contributed by atoms with E-state index in [0.29, 0.717) is 31.0 Å². The number of carboxylic acids is 1. The van der Waals surface area contributed by atoms with Gasteiger partial charge in [0.05, 0.1) is 17.9 Å². The van der Waals surface area contributed by atoms with Crippen LogP contribution in [0.1, 0.15) is 21.7 Å². The second kappa shape index (κ2) is 7.45. The van der Waals surface area contributed by atoms with E-state index in [9.17, 15) is 14.7 Å². The zero-order valence-electron chi connectivity index (χ0n) is 13.2. The minimum Gasteiger partial charge on any atom is -0.476 e. The molecule has 0 atom stereocenters. The molecule has 1 aromatic carbocycles. The molecule has 0 saturated heterocycles. The lowest BCUT2D eigenvalue weighted by molar-refractivity contribution is 0.0687. The molecule has 9 heteroatoms. The Kier molecular flexibility index (Phi) is 5.29. The normalized spacial score (nSPS) is 13.4. The molecule has 0 aliphatic carbocycles. The highest BCUT2D eigenvalue weighted by Gasteiger charge is 2.30. The van der Waals surface area contributed by atoms with Crippen molar-refractivity contribution in [3.05, 3.63) is 45.7 Å². The van der Waals surface area contributed by atoms with E-state index in [4.69, 9.17) is 11.6 Å². The molecule has 2 aromatic rings. The van der Waals surface area contributed by atoms with E-state index in [2.05, 4.69) is 26.3 Å². The molecule has 0 radical (unpaired) electrons. The van der Waals surface area contributed by atoms with Gasteiger partial charge in [0.15, 0.2) is 5.69 Å². The largest absolute Gasteiger partial charge is 0.476 e. The lowest BCUT2D eigenvalue weighted by atomic mass is 10.1. The van der Waals surface area contributed by atoms with E-state index in [-0.39, 0.29) is 18.3 Å². The van der Waals surface area contributed by atoms with Crippen molar-refractivity contribution in [1.29, 1.82) is 0 Å². The predicted molar refractivity (Wildman–Crippen MR) is 96.5 cm³/mol. The number of rotatable bonds is 4. The van der Waals surface area contributed by atoms with Gasteiger partial charge in [-0.1, -0.05) is 15.9 Å². The van der Waals surface area contributed by atoms with Crippen molar-refractivity contribution in [2.75, 3.05) is 19.0 Å². The SMILES string of the molecule is O=C(O)c1nn(-c2ccc(Br)cc2)c2c1CN(C(=O)NCCCl)CC2. The number of hydrogen-bond acceptors (Lipinski definition) is 3. The third-order valence-corrected chi connectivity index (χ3v) is 4.71. The molecule has 1 aliphatic heterocycles. The third-order valence-electron chi connectivity index (χ3n) is 3.99. The molecule has 2 N–H and O–H groups in total. The second-order valence-electron chi connectivity index (χ2n) is 5.56. The summed E-state index contributed by atoms with van der Waals surface area (Å²) < 4.78 is 2.58. The van der Waals surface area contributed by atoms with Crippen molar-refractivity contribution in [2.45, 2.75) is 13.0 Å². The van der Waals surface area contributed by atoms with E-state index in [1.807, 2.05) is 24.3 Å². The Bertz CT molecular complexity index is 806. The summed E-state index contributed by atoms with van der Waals surface area (Å²) in [6, 6.07) is 7.22. The van der Waals surface area contributed by atoms with Crippen LogP contribution >= 0.6 is 27.5 Å². The number of fused-ring (bicyclic) bond motifs is 1. The summed E-state index contributed by atoms with van der Waals surface area (Å²) in [6.45, 7) is 1.07. The first-order chi connectivity index (χ1) is 12.0. The molecule has 0 saturated carbocycles. The summed E-state index contributed by atoms with van der Waals surface area (Å²) in [5.74, 6) is -0.776. The van der Waals surface area contributed by atoms with E-state index in [0.717, 1.165) is 15.9 Å². The summed E-state index contributed by atoms with van der Waals surface area (Å²) in [4.78, 5) is 25.3. The lowest BCUT2D eigenvalue weighted by Gasteiger charge is -2.27. The van der Waals surface area contributed by atoms with Gasteiger partial charge >= 0.3 is 12.0 Å². The third kappa shape index (κ3) is 3.64. The van der Waals surface area contributed by atoms with Crippen molar-refractivity contribution in [1.82, 2.24) is 20.0 Å². The number of hydrogen-bond donors (Lipinski definition) is 2. The molecule has 132 valence electrons. The van der Waals surface area contributed by atoms with E-state index >= 15 is 0 Å². The Morgan fingerprint density at radius 1 is 1.32 bits per heavy atom. The summed E-state index contributed by atoms with van der Waals surface area (Å²) in [6.07, 6.45) is 0.528. The van der Waals surface area contributed by atoms with E-state index in [1.54, 1.807) is 9.58 Å². The summed E-state index contributed by atoms with van der Waals surface area (Å²) in [5, 5.41) is 16.5. The van der Waals surface area contributed by atoms with Gasteiger partial charge in [-0.3, -0.25) is 0 Å². The first kappa shape index (κ1) is 17.8. The molecule has 0 unspecified atom stereocenters. The van der Waals surface area contributed by atoms with Crippen LogP contribution < -0.4 is 5.32 Å². The average molecular weight is 428 g/mol. The van der Waals surface area contributed by atoms with Gasteiger partial charge in [-0.2, -0.15) is 5.10 Å². The number of carbonyl (C=O) groups excluding carboxylic acids is 1. The van der Waals surface area contributed by atoms with Gasteiger partial charge in [0.25, 0.3) is 0 Å². The highest BCUT2D eigenvalue weighted by Crippen LogP contribution is 2.26. The fourth-order valence-electron chi connectivity index (χ4n) is 2.83. The second-order valence-corrected chi connectivity index (χ2v) is 6.85. The van der Waals surface area contributed by atoms with Gasteiger partial charge in [-0.05, 0) is 24.3 Å². The molecular weight excluding hydrogens is 412 g/mol. The molecule has 1 aliphatic rings. The lowest BCUT2D eigenvalue weighted by Crippen LogP contribution is -2.43. The van der Waals surface area contributed by atoms with Gasteiger partial charge in [-0.15, -0.1) is 11.6 Å². The van der Waals surface area contributed by atoms with Crippen LogP contribution in [0, 0.1) is 0 Å². The standard InChI is InChI=1S/C16H16BrClN4O3/c17-10-1-3-11(4-2-10)22-13-5-8-21(16(25)19-7-6-18)9-12(13)14(20-22)15(23)24/h1-4H,5-9H2,(H,19,25)(H,23,24). The first-order valence-electron chi connectivity index (χ1n) is 7.70. The molecule has 1 aromatic heterocycles. The number of urea groups is 1. The quantitative estimate of drug-likeness (QED) is 0.734. The molecule has 7 nitrogen and oxygen atoms in total. The smallest absolute Gasteiger partial charge is 0.356 e. The maximum atomic E-state index is 12.1. The first-order valence-corrected chi connectivity index (χ1v) is 9.02. The number of nitrogens with zero attached hydrogens (tertiary/aromatic N) is 3. The average Bonchev–Trinajstić information content (AvgIpc) is 2.99. The highest BCUT2D eigenvalue weighted by atomic mass is 79.9. The number of carbonyl (C=O) groups is 2. The van der Waals surface area contributed by atoms with Crippen LogP contribution in [0.3, 0.4) is 0 Å². The van der Waals surface area contributed by atoms with Crippen LogP contribution in [-0.4, -0.2) is 50.8 Å². The zero-order chi connectivity index (χ0) is 18.0. The maximum absolute atomic E-state index is 12.1. The van der Waals surface area contributed by atoms with Crippen LogP contribution in [-0.2, 0) is 13.0 Å². The molecule has 3 rings (SSSR count). The Labute approximate surface area is 157 Å². The number of halogens is 2. The van der Waals surface area contributed by atoms with Gasteiger partial charge in [0.2, 0.25) is 0 Å². The van der Waals surface area contributed by atoms with E-state index in [1.165, 1.54) is 0 Å². The highest BCUT2D eigenvalue weighted by molar-refractivity contribution is 9.10. The number of alkyl halides is 1. The van der Waals surface area contributed by atoms with Crippen molar-refractivity contribution >= 4 is 39.5 Å². The Morgan fingerprint density at radius 2 is 2.04 bits per heavy atom. The monoisotopic (exact) mass is 426 g/mol. The van der Waals surface area contributed by atoms with E-state index < -0.39 is 5.97 Å². The maximum Gasteiger partial charge on any atom is 0.356 e. The fourth-order valence-corrected chi connectivity index (χ4v) is 3.18. The van der Waals surface area contributed by atoms with Gasteiger partial charge in [0.1, 0.15) is 0 Å². The van der Waals surface area contributed by atoms with Crippen molar-refractivity contribution < 1.29 is 14.7 Å². The van der Waals surface area contributed by atoms with Crippen LogP contribution in [0.5, 0.6) is 0 Å². The van der Waals surface area contributed by atoms with Crippen molar-refractivity contribution in [3.63, 3.8) is 0 Å². The molecule has 2 heterocycles. The zero-order valence-corrected chi connectivity index (χ0v) is 15.5.